The molecule has 0 aliphatic heterocycles. The van der Waals surface area contributed by atoms with Gasteiger partial charge in [-0.2, -0.15) is 0 Å². The molecular formula is C11H16N2O. The summed E-state index contributed by atoms with van der Waals surface area (Å²) >= 11 is 0. The molecule has 0 bridgehead atoms. The maximum atomic E-state index is 4.99. The number of hydrogen-bond donors (Lipinski definition) is 1. The lowest BCUT2D eigenvalue weighted by molar-refractivity contribution is 0.309. The Morgan fingerprint density at radius 2 is 2.21 bits per heavy atom. The van der Waals surface area contributed by atoms with Crippen molar-refractivity contribution in [3.63, 3.8) is 0 Å². The highest BCUT2D eigenvalue weighted by atomic mass is 16.5. The highest BCUT2D eigenvalue weighted by Crippen LogP contribution is 2.29. The molecule has 14 heavy (non-hydrogen) atoms. The molecular weight excluding hydrogens is 176 g/mol. The first-order chi connectivity index (χ1) is 6.78. The third-order valence-electron chi connectivity index (χ3n) is 2.69. The van der Waals surface area contributed by atoms with Crippen LogP contribution in [-0.4, -0.2) is 18.1 Å². The van der Waals surface area contributed by atoms with E-state index < -0.39 is 0 Å². The molecule has 1 aliphatic rings. The molecule has 1 aromatic rings. The topological polar surface area (TPSA) is 34.1 Å². The normalized spacial score (nSPS) is 25.3. The van der Waals surface area contributed by atoms with Gasteiger partial charge >= 0.3 is 0 Å². The zero-order valence-corrected chi connectivity index (χ0v) is 8.66. The molecule has 0 radical (unpaired) electrons. The second-order valence-corrected chi connectivity index (χ2v) is 4.01. The fourth-order valence-corrected chi connectivity index (χ4v) is 1.84. The van der Waals surface area contributed by atoms with Gasteiger partial charge in [0.15, 0.2) is 0 Å². The fourth-order valence-electron chi connectivity index (χ4n) is 1.84. The van der Waals surface area contributed by atoms with Crippen molar-refractivity contribution in [3.8, 4) is 5.88 Å². The monoisotopic (exact) mass is 192 g/mol. The van der Waals surface area contributed by atoms with Crippen LogP contribution in [-0.2, 0) is 0 Å². The molecule has 1 heterocycles. The number of hydrogen-bond acceptors (Lipinski definition) is 3. The fraction of sp³-hybridized carbons (Fsp3) is 0.545. The minimum Gasteiger partial charge on any atom is -0.481 e. The van der Waals surface area contributed by atoms with Crippen LogP contribution >= 0.6 is 0 Å². The second kappa shape index (κ2) is 3.86. The van der Waals surface area contributed by atoms with Crippen molar-refractivity contribution in [2.45, 2.75) is 25.8 Å². The Kier molecular flexibility index (Phi) is 2.57. The smallest absolute Gasteiger partial charge is 0.213 e. The number of methoxy groups -OCH3 is 1. The van der Waals surface area contributed by atoms with E-state index in [1.54, 1.807) is 7.11 Å². The molecule has 0 aromatic carbocycles. The summed E-state index contributed by atoms with van der Waals surface area (Å²) in [5.41, 5.74) is 1.09. The minimum absolute atomic E-state index is 0.639. The Balaban J connectivity index is 1.90. The van der Waals surface area contributed by atoms with Crippen LogP contribution in [0.3, 0.4) is 0 Å². The van der Waals surface area contributed by atoms with Gasteiger partial charge in [-0.15, -0.1) is 0 Å². The third kappa shape index (κ3) is 1.97. The predicted octanol–water partition coefficient (Wildman–Crippen LogP) is 2.30. The van der Waals surface area contributed by atoms with Gasteiger partial charge in [0.1, 0.15) is 0 Å². The molecule has 1 fully saturated rings. The van der Waals surface area contributed by atoms with Gasteiger partial charge in [0.25, 0.3) is 0 Å². The highest BCUT2D eigenvalue weighted by Gasteiger charge is 2.24. The number of pyridine rings is 1. The Morgan fingerprint density at radius 1 is 1.43 bits per heavy atom. The summed E-state index contributed by atoms with van der Waals surface area (Å²) in [4.78, 5) is 4.14. The van der Waals surface area contributed by atoms with E-state index in [1.807, 2.05) is 18.3 Å². The molecule has 0 atom stereocenters. The number of rotatable bonds is 3. The largest absolute Gasteiger partial charge is 0.481 e. The van der Waals surface area contributed by atoms with Crippen molar-refractivity contribution in [1.29, 1.82) is 0 Å². The van der Waals surface area contributed by atoms with Crippen LogP contribution in [0.4, 0.5) is 5.69 Å². The highest BCUT2D eigenvalue weighted by molar-refractivity contribution is 5.43. The van der Waals surface area contributed by atoms with E-state index in [-0.39, 0.29) is 0 Å². The second-order valence-electron chi connectivity index (χ2n) is 4.01. The van der Waals surface area contributed by atoms with Gasteiger partial charge in [0.05, 0.1) is 19.0 Å². The first-order valence-electron chi connectivity index (χ1n) is 5.04. The van der Waals surface area contributed by atoms with Crippen LogP contribution in [0.2, 0.25) is 0 Å². The van der Waals surface area contributed by atoms with Crippen LogP contribution in [0, 0.1) is 5.92 Å². The summed E-state index contributed by atoms with van der Waals surface area (Å²) in [6, 6.07) is 4.53. The maximum absolute atomic E-state index is 4.99. The number of aromatic nitrogens is 1. The van der Waals surface area contributed by atoms with Crippen molar-refractivity contribution in [2.75, 3.05) is 12.4 Å². The van der Waals surface area contributed by atoms with E-state index in [0.29, 0.717) is 11.9 Å². The van der Waals surface area contributed by atoms with E-state index in [1.165, 1.54) is 12.8 Å². The Bertz CT molecular complexity index is 291. The summed E-state index contributed by atoms with van der Waals surface area (Å²) in [5, 5.41) is 3.44. The molecule has 0 saturated heterocycles. The SMILES string of the molecule is COc1ccc(NC2CC(C)C2)cn1. The van der Waals surface area contributed by atoms with Crippen molar-refractivity contribution in [2.24, 2.45) is 5.92 Å². The van der Waals surface area contributed by atoms with Crippen LogP contribution < -0.4 is 10.1 Å². The summed E-state index contributed by atoms with van der Waals surface area (Å²) in [6.07, 6.45) is 4.36. The molecule has 76 valence electrons. The number of ether oxygens (including phenoxy) is 1. The zero-order chi connectivity index (χ0) is 9.97. The lowest BCUT2D eigenvalue weighted by atomic mass is 9.82. The molecule has 2 rings (SSSR count). The zero-order valence-electron chi connectivity index (χ0n) is 8.66. The van der Waals surface area contributed by atoms with Gasteiger partial charge in [0.2, 0.25) is 5.88 Å². The number of anilines is 1. The van der Waals surface area contributed by atoms with Crippen LogP contribution in [0.5, 0.6) is 5.88 Å². The Labute approximate surface area is 84.5 Å². The predicted molar refractivity (Wildman–Crippen MR) is 56.6 cm³/mol. The Morgan fingerprint density at radius 3 is 2.71 bits per heavy atom. The molecule has 0 unspecified atom stereocenters. The van der Waals surface area contributed by atoms with Gasteiger partial charge in [-0.3, -0.25) is 0 Å². The van der Waals surface area contributed by atoms with Gasteiger partial charge in [-0.25, -0.2) is 4.98 Å². The summed E-state index contributed by atoms with van der Waals surface area (Å²) in [6.45, 7) is 2.28. The molecule has 3 heteroatoms. The lowest BCUT2D eigenvalue weighted by Crippen LogP contribution is -2.33. The van der Waals surface area contributed by atoms with E-state index in [4.69, 9.17) is 4.74 Å². The van der Waals surface area contributed by atoms with E-state index in [0.717, 1.165) is 11.6 Å². The van der Waals surface area contributed by atoms with Crippen molar-refractivity contribution >= 4 is 5.69 Å². The van der Waals surface area contributed by atoms with Crippen molar-refractivity contribution in [3.05, 3.63) is 18.3 Å². The first-order valence-corrected chi connectivity index (χ1v) is 5.04. The Hall–Kier alpha value is -1.25. The summed E-state index contributed by atoms with van der Waals surface area (Å²) in [7, 11) is 1.63. The van der Waals surface area contributed by atoms with Crippen LogP contribution in [0.1, 0.15) is 19.8 Å². The summed E-state index contributed by atoms with van der Waals surface area (Å²) in [5.74, 6) is 1.54. The average Bonchev–Trinajstić information content (AvgIpc) is 2.17. The molecule has 0 amide bonds. The van der Waals surface area contributed by atoms with Gasteiger partial charge in [0, 0.05) is 12.1 Å². The minimum atomic E-state index is 0.639. The van der Waals surface area contributed by atoms with E-state index in [9.17, 15) is 0 Å². The van der Waals surface area contributed by atoms with E-state index in [2.05, 4.69) is 17.2 Å². The number of nitrogens with zero attached hydrogens (tertiary/aromatic N) is 1. The molecule has 1 aliphatic carbocycles. The van der Waals surface area contributed by atoms with Gasteiger partial charge in [-0.05, 0) is 24.8 Å². The quantitative estimate of drug-likeness (QED) is 0.798. The van der Waals surface area contributed by atoms with Crippen LogP contribution in [0.15, 0.2) is 18.3 Å². The van der Waals surface area contributed by atoms with E-state index >= 15 is 0 Å². The van der Waals surface area contributed by atoms with Crippen molar-refractivity contribution < 1.29 is 4.74 Å². The molecule has 0 spiro atoms. The maximum Gasteiger partial charge on any atom is 0.213 e. The molecule has 1 saturated carbocycles. The average molecular weight is 192 g/mol. The molecule has 3 nitrogen and oxygen atoms in total. The first kappa shape index (κ1) is 9.31. The van der Waals surface area contributed by atoms with Gasteiger partial charge in [-0.1, -0.05) is 6.92 Å². The molecule has 1 aromatic heterocycles. The number of nitrogens with one attached hydrogen (secondary N) is 1. The third-order valence-corrected chi connectivity index (χ3v) is 2.69. The molecule has 1 N–H and O–H groups in total. The van der Waals surface area contributed by atoms with Gasteiger partial charge < -0.3 is 10.1 Å². The standard InChI is InChI=1S/C11H16N2O/c1-8-5-10(6-8)13-9-3-4-11(14-2)12-7-9/h3-4,7-8,10,13H,5-6H2,1-2H3. The van der Waals surface area contributed by atoms with Crippen molar-refractivity contribution in [1.82, 2.24) is 4.98 Å². The summed E-state index contributed by atoms with van der Waals surface area (Å²) < 4.78 is 4.99. The van der Waals surface area contributed by atoms with Crippen LogP contribution in [0.25, 0.3) is 0 Å². The lowest BCUT2D eigenvalue weighted by Gasteiger charge is -2.33.